The number of rotatable bonds is 4. The van der Waals surface area contributed by atoms with Gasteiger partial charge in [-0.1, -0.05) is 54.6 Å². The standard InChI is InChI=1S/C29H30N6O/c1-34-17-24(23-9-5-8-22(16-23)20-6-3-2-4-7-20)27(19-34)31-29(36)35-15-12-26-25(18-35)28(33-32-26)21-10-13-30-14-11-21/h2-11,13-14,16,24,27H,12,15,17-19H2,1H3,(H,31,36)(H,32,33)/t24-,27+/m1/s1. The van der Waals surface area contributed by atoms with Crippen LogP contribution < -0.4 is 5.32 Å². The summed E-state index contributed by atoms with van der Waals surface area (Å²) in [5.41, 5.74) is 7.81. The Morgan fingerprint density at radius 3 is 2.61 bits per heavy atom. The van der Waals surface area contributed by atoms with Crippen LogP contribution >= 0.6 is 0 Å². The third-order valence-corrected chi connectivity index (χ3v) is 7.41. The fourth-order valence-corrected chi connectivity index (χ4v) is 5.53. The van der Waals surface area contributed by atoms with Crippen molar-refractivity contribution in [3.8, 4) is 22.4 Å². The number of nitrogens with zero attached hydrogens (tertiary/aromatic N) is 4. The van der Waals surface area contributed by atoms with Gasteiger partial charge < -0.3 is 15.1 Å². The van der Waals surface area contributed by atoms with Crippen LogP contribution in [0, 0.1) is 0 Å². The Labute approximate surface area is 211 Å². The molecular formula is C29H30N6O. The van der Waals surface area contributed by atoms with Gasteiger partial charge in [-0.3, -0.25) is 10.1 Å². The number of carbonyl (C=O) groups is 1. The summed E-state index contributed by atoms with van der Waals surface area (Å²) in [6.45, 7) is 2.97. The molecule has 4 aromatic rings. The number of pyridine rings is 1. The van der Waals surface area contributed by atoms with Gasteiger partial charge in [0.25, 0.3) is 0 Å². The van der Waals surface area contributed by atoms with Gasteiger partial charge in [-0.15, -0.1) is 0 Å². The van der Waals surface area contributed by atoms with E-state index < -0.39 is 0 Å². The number of carbonyl (C=O) groups excluding carboxylic acids is 1. The number of fused-ring (bicyclic) bond motifs is 1. The first-order chi connectivity index (χ1) is 17.7. The Morgan fingerprint density at radius 1 is 0.972 bits per heavy atom. The zero-order valence-electron chi connectivity index (χ0n) is 20.4. The van der Waals surface area contributed by atoms with Crippen LogP contribution in [-0.4, -0.2) is 63.7 Å². The Bertz CT molecular complexity index is 1350. The Balaban J connectivity index is 1.19. The van der Waals surface area contributed by atoms with Crippen molar-refractivity contribution in [2.24, 2.45) is 0 Å². The summed E-state index contributed by atoms with van der Waals surface area (Å²) in [5, 5.41) is 11.1. The predicted octanol–water partition coefficient (Wildman–Crippen LogP) is 4.30. The SMILES string of the molecule is CN1C[C@H](NC(=O)N2CCc3[nH]nc(-c4ccncc4)c3C2)[C@@H](c2cccc(-c3ccccc3)c2)C1. The van der Waals surface area contributed by atoms with Crippen LogP contribution in [0.2, 0.25) is 0 Å². The highest BCUT2D eigenvalue weighted by Gasteiger charge is 2.35. The molecule has 2 aromatic carbocycles. The molecule has 0 aliphatic carbocycles. The average molecular weight is 479 g/mol. The lowest BCUT2D eigenvalue weighted by molar-refractivity contribution is 0.187. The summed E-state index contributed by atoms with van der Waals surface area (Å²) in [6.07, 6.45) is 4.31. The second-order valence-corrected chi connectivity index (χ2v) is 9.81. The number of benzene rings is 2. The normalized spacial score (nSPS) is 19.8. The van der Waals surface area contributed by atoms with E-state index >= 15 is 0 Å². The molecule has 4 heterocycles. The molecule has 6 rings (SSSR count). The average Bonchev–Trinajstić information content (AvgIpc) is 3.52. The Kier molecular flexibility index (Phi) is 5.99. The van der Waals surface area contributed by atoms with Crippen molar-refractivity contribution in [1.82, 2.24) is 30.3 Å². The molecule has 0 bridgehead atoms. The van der Waals surface area contributed by atoms with Crippen LogP contribution in [0.1, 0.15) is 22.7 Å². The zero-order chi connectivity index (χ0) is 24.5. The van der Waals surface area contributed by atoms with E-state index in [4.69, 9.17) is 0 Å². The van der Waals surface area contributed by atoms with Crippen molar-refractivity contribution in [2.75, 3.05) is 26.7 Å². The zero-order valence-corrected chi connectivity index (χ0v) is 20.4. The molecule has 0 unspecified atom stereocenters. The molecular weight excluding hydrogens is 448 g/mol. The maximum absolute atomic E-state index is 13.5. The molecule has 0 saturated carbocycles. The van der Waals surface area contributed by atoms with Gasteiger partial charge in [0.1, 0.15) is 0 Å². The molecule has 7 nitrogen and oxygen atoms in total. The molecule has 182 valence electrons. The third kappa shape index (κ3) is 4.38. The topological polar surface area (TPSA) is 77.2 Å². The van der Waals surface area contributed by atoms with E-state index in [0.717, 1.165) is 42.0 Å². The molecule has 7 heteroatoms. The van der Waals surface area contributed by atoms with Gasteiger partial charge in [-0.2, -0.15) is 5.10 Å². The fraction of sp³-hybridized carbons (Fsp3) is 0.276. The lowest BCUT2D eigenvalue weighted by atomic mass is 9.91. The van der Waals surface area contributed by atoms with Crippen molar-refractivity contribution in [2.45, 2.75) is 24.9 Å². The summed E-state index contributed by atoms with van der Waals surface area (Å²) in [4.78, 5) is 21.8. The van der Waals surface area contributed by atoms with E-state index in [2.05, 4.69) is 81.0 Å². The van der Waals surface area contributed by atoms with Crippen molar-refractivity contribution in [3.05, 3.63) is 95.9 Å². The van der Waals surface area contributed by atoms with Crippen LogP contribution in [0.4, 0.5) is 4.79 Å². The number of aromatic amines is 1. The smallest absolute Gasteiger partial charge is 0.317 e. The summed E-state index contributed by atoms with van der Waals surface area (Å²) < 4.78 is 0. The largest absolute Gasteiger partial charge is 0.333 e. The van der Waals surface area contributed by atoms with Gasteiger partial charge in [0.2, 0.25) is 0 Å². The minimum absolute atomic E-state index is 0.00737. The maximum Gasteiger partial charge on any atom is 0.317 e. The van der Waals surface area contributed by atoms with Crippen LogP contribution in [0.3, 0.4) is 0 Å². The number of amides is 2. The molecule has 0 radical (unpaired) electrons. The third-order valence-electron chi connectivity index (χ3n) is 7.41. The highest BCUT2D eigenvalue weighted by Crippen LogP contribution is 2.31. The molecule has 1 fully saturated rings. The van der Waals surface area contributed by atoms with Gasteiger partial charge in [0, 0.05) is 61.2 Å². The second kappa shape index (κ2) is 9.59. The number of likely N-dealkylation sites (tertiary alicyclic amines) is 1. The van der Waals surface area contributed by atoms with E-state index in [1.54, 1.807) is 12.4 Å². The van der Waals surface area contributed by atoms with Gasteiger partial charge in [0.15, 0.2) is 0 Å². The summed E-state index contributed by atoms with van der Waals surface area (Å²) >= 11 is 0. The first-order valence-electron chi connectivity index (χ1n) is 12.5. The highest BCUT2D eigenvalue weighted by molar-refractivity contribution is 5.76. The van der Waals surface area contributed by atoms with E-state index in [9.17, 15) is 4.79 Å². The van der Waals surface area contributed by atoms with Crippen molar-refractivity contribution in [3.63, 3.8) is 0 Å². The van der Waals surface area contributed by atoms with Crippen molar-refractivity contribution in [1.29, 1.82) is 0 Å². The molecule has 2 atom stereocenters. The fourth-order valence-electron chi connectivity index (χ4n) is 5.53. The summed E-state index contributed by atoms with van der Waals surface area (Å²) in [5.74, 6) is 0.240. The molecule has 2 aromatic heterocycles. The Hall–Kier alpha value is -3.97. The molecule has 2 aliphatic heterocycles. The quantitative estimate of drug-likeness (QED) is 0.458. The molecule has 2 N–H and O–H groups in total. The van der Waals surface area contributed by atoms with E-state index in [-0.39, 0.29) is 18.0 Å². The van der Waals surface area contributed by atoms with Gasteiger partial charge in [0.05, 0.1) is 18.3 Å². The number of likely N-dealkylation sites (N-methyl/N-ethyl adjacent to an activating group) is 1. The number of nitrogens with one attached hydrogen (secondary N) is 2. The number of urea groups is 1. The molecule has 2 aliphatic rings. The monoisotopic (exact) mass is 478 g/mol. The number of hydrogen-bond acceptors (Lipinski definition) is 4. The van der Waals surface area contributed by atoms with E-state index in [0.29, 0.717) is 13.1 Å². The van der Waals surface area contributed by atoms with Gasteiger partial charge in [-0.25, -0.2) is 4.79 Å². The lowest BCUT2D eigenvalue weighted by Crippen LogP contribution is -2.48. The molecule has 36 heavy (non-hydrogen) atoms. The molecule has 2 amide bonds. The molecule has 1 saturated heterocycles. The van der Waals surface area contributed by atoms with E-state index in [1.807, 2.05) is 23.1 Å². The first kappa shape index (κ1) is 22.5. The van der Waals surface area contributed by atoms with Crippen molar-refractivity contribution < 1.29 is 4.79 Å². The minimum atomic E-state index is -0.00737. The minimum Gasteiger partial charge on any atom is -0.333 e. The Morgan fingerprint density at radius 2 is 1.78 bits per heavy atom. The highest BCUT2D eigenvalue weighted by atomic mass is 16.2. The first-order valence-corrected chi connectivity index (χ1v) is 12.5. The van der Waals surface area contributed by atoms with E-state index in [1.165, 1.54) is 16.7 Å². The second-order valence-electron chi connectivity index (χ2n) is 9.81. The van der Waals surface area contributed by atoms with Crippen LogP contribution in [0.5, 0.6) is 0 Å². The van der Waals surface area contributed by atoms with Gasteiger partial charge in [-0.05, 0) is 35.9 Å². The van der Waals surface area contributed by atoms with Crippen molar-refractivity contribution >= 4 is 6.03 Å². The van der Waals surface area contributed by atoms with Gasteiger partial charge >= 0.3 is 6.03 Å². The van der Waals surface area contributed by atoms with Crippen LogP contribution in [0.25, 0.3) is 22.4 Å². The van der Waals surface area contributed by atoms with Crippen LogP contribution in [0.15, 0.2) is 79.1 Å². The maximum atomic E-state index is 13.5. The molecule has 0 spiro atoms. The number of hydrogen-bond donors (Lipinski definition) is 2. The lowest BCUT2D eigenvalue weighted by Gasteiger charge is -2.30. The number of H-pyrrole nitrogens is 1. The summed E-state index contributed by atoms with van der Waals surface area (Å²) in [7, 11) is 2.12. The van der Waals surface area contributed by atoms with Crippen LogP contribution in [-0.2, 0) is 13.0 Å². The summed E-state index contributed by atoms with van der Waals surface area (Å²) in [6, 6.07) is 23.2. The number of aromatic nitrogens is 3. The predicted molar refractivity (Wildman–Crippen MR) is 140 cm³/mol.